The fraction of sp³-hybridized carbons (Fsp3) is 0.444. The molecule has 1 atom stereocenters. The third-order valence-corrected chi connectivity index (χ3v) is 7.36. The molecular formula is C27H30F5N3O2. The molecule has 0 aliphatic carbocycles. The third kappa shape index (κ3) is 5.80. The molecule has 0 bridgehead atoms. The average Bonchev–Trinajstić information content (AvgIpc) is 3.29. The van der Waals surface area contributed by atoms with E-state index in [0.717, 1.165) is 18.2 Å². The second kappa shape index (κ2) is 10.8. The predicted molar refractivity (Wildman–Crippen MR) is 130 cm³/mol. The van der Waals surface area contributed by atoms with Crippen LogP contribution in [0.2, 0.25) is 0 Å². The Morgan fingerprint density at radius 1 is 1.11 bits per heavy atom. The molecule has 2 amide bonds. The molecule has 0 aromatic heterocycles. The molecule has 2 aliphatic rings. The average molecular weight is 524 g/mol. The van der Waals surface area contributed by atoms with E-state index in [9.17, 15) is 31.9 Å². The number of rotatable bonds is 6. The minimum Gasteiger partial charge on any atom is -0.393 e. The number of carbonyl (C=O) groups is 1. The molecule has 1 saturated heterocycles. The number of halogens is 5. The summed E-state index contributed by atoms with van der Waals surface area (Å²) in [4.78, 5) is 18.6. The van der Waals surface area contributed by atoms with E-state index in [1.165, 1.54) is 4.90 Å². The molecule has 2 aliphatic heterocycles. The van der Waals surface area contributed by atoms with Gasteiger partial charge < -0.3 is 19.8 Å². The van der Waals surface area contributed by atoms with Gasteiger partial charge in [-0.1, -0.05) is 30.3 Å². The van der Waals surface area contributed by atoms with Gasteiger partial charge in [0.2, 0.25) is 0 Å². The first-order valence-electron chi connectivity index (χ1n) is 12.2. The Labute approximate surface area is 212 Å². The van der Waals surface area contributed by atoms with Crippen molar-refractivity contribution in [1.29, 1.82) is 0 Å². The summed E-state index contributed by atoms with van der Waals surface area (Å²) in [5.41, 5.74) is -0.287. The largest absolute Gasteiger partial charge is 0.393 e. The molecule has 5 nitrogen and oxygen atoms in total. The molecule has 0 saturated carbocycles. The van der Waals surface area contributed by atoms with Crippen molar-refractivity contribution in [3.8, 4) is 0 Å². The predicted octanol–water partition coefficient (Wildman–Crippen LogP) is 5.02. The molecule has 2 aromatic rings. The summed E-state index contributed by atoms with van der Waals surface area (Å²) in [5, 5.41) is 10.6. The lowest BCUT2D eigenvalue weighted by molar-refractivity contribution is -0.138. The first-order valence-corrected chi connectivity index (χ1v) is 12.2. The summed E-state index contributed by atoms with van der Waals surface area (Å²) in [6, 6.07) is 11.4. The summed E-state index contributed by atoms with van der Waals surface area (Å²) < 4.78 is 66.4. The number of aliphatic hydroxyl groups excluding tert-OH is 1. The fourth-order valence-corrected chi connectivity index (χ4v) is 5.22. The maximum absolute atomic E-state index is 14.7. The molecular weight excluding hydrogens is 493 g/mol. The van der Waals surface area contributed by atoms with Gasteiger partial charge in [0, 0.05) is 44.8 Å². The van der Waals surface area contributed by atoms with Crippen LogP contribution in [0.3, 0.4) is 0 Å². The lowest BCUT2D eigenvalue weighted by Gasteiger charge is -2.43. The van der Waals surface area contributed by atoms with Gasteiger partial charge in [-0.25, -0.2) is 13.6 Å². The van der Waals surface area contributed by atoms with E-state index in [-0.39, 0.29) is 24.7 Å². The molecule has 10 heteroatoms. The van der Waals surface area contributed by atoms with E-state index in [2.05, 4.69) is 0 Å². The van der Waals surface area contributed by atoms with Crippen molar-refractivity contribution in [3.05, 3.63) is 77.4 Å². The molecule has 2 heterocycles. The van der Waals surface area contributed by atoms with Crippen LogP contribution in [-0.4, -0.2) is 77.9 Å². The van der Waals surface area contributed by atoms with E-state index in [1.807, 2.05) is 0 Å². The number of alkyl halides is 3. The molecule has 1 N–H and O–H groups in total. The second-order valence-electron chi connectivity index (χ2n) is 9.66. The number of hydrogen-bond acceptors (Lipinski definition) is 3. The number of benzene rings is 2. The number of urea groups is 1. The van der Waals surface area contributed by atoms with Gasteiger partial charge in [0.05, 0.1) is 13.0 Å². The van der Waals surface area contributed by atoms with Gasteiger partial charge in [0.1, 0.15) is 17.2 Å². The van der Waals surface area contributed by atoms with Crippen LogP contribution in [-0.2, 0) is 5.54 Å². The highest BCUT2D eigenvalue weighted by molar-refractivity contribution is 5.83. The third-order valence-electron chi connectivity index (χ3n) is 7.36. The summed E-state index contributed by atoms with van der Waals surface area (Å²) in [5.74, 6) is -1.26. The van der Waals surface area contributed by atoms with E-state index < -0.39 is 42.4 Å². The van der Waals surface area contributed by atoms with E-state index >= 15 is 0 Å². The van der Waals surface area contributed by atoms with E-state index in [4.69, 9.17) is 0 Å². The van der Waals surface area contributed by atoms with Crippen LogP contribution in [0.4, 0.5) is 26.7 Å². The van der Waals surface area contributed by atoms with Crippen LogP contribution in [0.5, 0.6) is 0 Å². The fourth-order valence-electron chi connectivity index (χ4n) is 5.22. The normalized spacial score (nSPS) is 21.3. The molecule has 0 spiro atoms. The van der Waals surface area contributed by atoms with Gasteiger partial charge in [-0.15, -0.1) is 0 Å². The van der Waals surface area contributed by atoms with Crippen LogP contribution >= 0.6 is 0 Å². The zero-order chi connectivity index (χ0) is 26.8. The van der Waals surface area contributed by atoms with Crippen molar-refractivity contribution in [1.82, 2.24) is 14.7 Å². The van der Waals surface area contributed by atoms with Crippen LogP contribution in [0.25, 0.3) is 5.57 Å². The van der Waals surface area contributed by atoms with Crippen molar-refractivity contribution in [3.63, 3.8) is 0 Å². The summed E-state index contributed by atoms with van der Waals surface area (Å²) in [7, 11) is 1.63. The topological polar surface area (TPSA) is 47.0 Å². The van der Waals surface area contributed by atoms with Crippen LogP contribution in [0.15, 0.2) is 54.6 Å². The van der Waals surface area contributed by atoms with Crippen molar-refractivity contribution in [2.45, 2.75) is 37.0 Å². The summed E-state index contributed by atoms with van der Waals surface area (Å²) in [6.07, 6.45) is -2.46. The standard InChI is InChI=1S/C27H30F5N3O2/c1-33(22-9-12-34(13-10-22)14-11-27(30,31)32)25(37)35-17-19(23-15-21(28)7-8-24(23)29)16-26(35,18-36)20-5-3-2-4-6-20/h2-8,15-16,22,36H,9-14,17-18H2,1H3. The number of hydrogen-bond donors (Lipinski definition) is 1. The zero-order valence-electron chi connectivity index (χ0n) is 20.5. The van der Waals surface area contributed by atoms with Crippen molar-refractivity contribution in [2.24, 2.45) is 0 Å². The highest BCUT2D eigenvalue weighted by atomic mass is 19.4. The van der Waals surface area contributed by atoms with E-state index in [1.54, 1.807) is 53.3 Å². The number of likely N-dealkylation sites (tertiary alicyclic amines) is 1. The second-order valence-corrected chi connectivity index (χ2v) is 9.66. The highest BCUT2D eigenvalue weighted by Gasteiger charge is 2.46. The minimum atomic E-state index is -4.21. The Bertz CT molecular complexity index is 1130. The van der Waals surface area contributed by atoms with Gasteiger partial charge in [-0.3, -0.25) is 0 Å². The van der Waals surface area contributed by atoms with Gasteiger partial charge in [-0.2, -0.15) is 13.2 Å². The van der Waals surface area contributed by atoms with E-state index in [0.29, 0.717) is 37.1 Å². The summed E-state index contributed by atoms with van der Waals surface area (Å²) in [6.45, 7) is 0.255. The quantitative estimate of drug-likeness (QED) is 0.541. The Kier molecular flexibility index (Phi) is 7.89. The monoisotopic (exact) mass is 523 g/mol. The zero-order valence-corrected chi connectivity index (χ0v) is 20.5. The maximum Gasteiger partial charge on any atom is 0.390 e. The number of piperidine rings is 1. The molecule has 37 heavy (non-hydrogen) atoms. The SMILES string of the molecule is CN(C(=O)N1CC(c2cc(F)ccc2F)=CC1(CO)c1ccccc1)C1CCN(CCC(F)(F)F)CC1. The van der Waals surface area contributed by atoms with Gasteiger partial charge in [0.25, 0.3) is 0 Å². The molecule has 1 unspecified atom stereocenters. The minimum absolute atomic E-state index is 0.0182. The number of nitrogens with zero attached hydrogens (tertiary/aromatic N) is 3. The first kappa shape index (κ1) is 27.1. The Hall–Kier alpha value is -2.98. The van der Waals surface area contributed by atoms with Crippen molar-refractivity contribution < 1.29 is 31.9 Å². The number of aliphatic hydroxyl groups is 1. The molecule has 2 aromatic carbocycles. The highest BCUT2D eigenvalue weighted by Crippen LogP contribution is 2.41. The van der Waals surface area contributed by atoms with Crippen LogP contribution < -0.4 is 0 Å². The van der Waals surface area contributed by atoms with Crippen LogP contribution in [0.1, 0.15) is 30.4 Å². The number of amides is 2. The van der Waals surface area contributed by atoms with Crippen molar-refractivity contribution >= 4 is 11.6 Å². The molecule has 1 fully saturated rings. The number of carbonyl (C=O) groups excluding carboxylic acids is 1. The maximum atomic E-state index is 14.7. The van der Waals surface area contributed by atoms with Crippen LogP contribution in [0, 0.1) is 11.6 Å². The lowest BCUT2D eigenvalue weighted by Crippen LogP contribution is -2.55. The van der Waals surface area contributed by atoms with Gasteiger partial charge >= 0.3 is 12.2 Å². The Morgan fingerprint density at radius 3 is 2.41 bits per heavy atom. The Morgan fingerprint density at radius 2 is 1.78 bits per heavy atom. The lowest BCUT2D eigenvalue weighted by atomic mass is 9.89. The molecule has 200 valence electrons. The summed E-state index contributed by atoms with van der Waals surface area (Å²) >= 11 is 0. The van der Waals surface area contributed by atoms with Crippen molar-refractivity contribution in [2.75, 3.05) is 39.8 Å². The molecule has 0 radical (unpaired) electrons. The van der Waals surface area contributed by atoms with Gasteiger partial charge in [-0.05, 0) is 48.3 Å². The smallest absolute Gasteiger partial charge is 0.390 e. The Balaban J connectivity index is 1.57. The molecule has 4 rings (SSSR count). The van der Waals surface area contributed by atoms with Gasteiger partial charge in [0.15, 0.2) is 0 Å². The first-order chi connectivity index (χ1) is 17.5.